The highest BCUT2D eigenvalue weighted by Crippen LogP contribution is 2.18. The molecule has 2 aromatic carbocycles. The van der Waals surface area contributed by atoms with Gasteiger partial charge < -0.3 is 4.74 Å². The van der Waals surface area contributed by atoms with E-state index in [1.807, 2.05) is 45.0 Å². The normalized spacial score (nSPS) is 9.96. The van der Waals surface area contributed by atoms with Crippen molar-refractivity contribution >= 4 is 29.1 Å². The second-order valence-corrected chi connectivity index (χ2v) is 6.29. The van der Waals surface area contributed by atoms with E-state index in [1.54, 1.807) is 18.2 Å². The molecule has 136 valence electrons. The number of ether oxygens (including phenoxy) is 1. The molecule has 2 amide bonds. The smallest absolute Gasteiger partial charge is 0.269 e. The van der Waals surface area contributed by atoms with Gasteiger partial charge in [-0.2, -0.15) is 0 Å². The summed E-state index contributed by atoms with van der Waals surface area (Å²) in [5, 5.41) is 2.43. The summed E-state index contributed by atoms with van der Waals surface area (Å²) in [6, 6.07) is 12.9. The molecule has 3 N–H and O–H groups in total. The van der Waals surface area contributed by atoms with E-state index in [9.17, 15) is 9.59 Å². The molecular formula is C19H21N3O3S. The molecule has 0 aliphatic heterocycles. The van der Waals surface area contributed by atoms with Crippen LogP contribution in [0.25, 0.3) is 0 Å². The molecule has 0 heterocycles. The van der Waals surface area contributed by atoms with Gasteiger partial charge in [-0.3, -0.25) is 25.8 Å². The Morgan fingerprint density at radius 2 is 1.73 bits per heavy atom. The fourth-order valence-electron chi connectivity index (χ4n) is 2.17. The Labute approximate surface area is 157 Å². The minimum absolute atomic E-state index is 0.0134. The van der Waals surface area contributed by atoms with Crippen molar-refractivity contribution in [1.29, 1.82) is 0 Å². The molecule has 0 fully saturated rings. The van der Waals surface area contributed by atoms with Gasteiger partial charge in [0, 0.05) is 5.56 Å². The predicted molar refractivity (Wildman–Crippen MR) is 104 cm³/mol. The Balaban J connectivity index is 1.77. The van der Waals surface area contributed by atoms with E-state index in [0.29, 0.717) is 11.3 Å². The molecule has 26 heavy (non-hydrogen) atoms. The van der Waals surface area contributed by atoms with Crippen molar-refractivity contribution in [1.82, 2.24) is 16.2 Å². The van der Waals surface area contributed by atoms with Gasteiger partial charge in [-0.25, -0.2) is 0 Å². The number of hydrazine groups is 1. The third-order valence-corrected chi connectivity index (χ3v) is 3.73. The summed E-state index contributed by atoms with van der Waals surface area (Å²) in [7, 11) is 0. The first-order chi connectivity index (χ1) is 12.3. The van der Waals surface area contributed by atoms with Gasteiger partial charge in [0.2, 0.25) is 0 Å². The highest BCUT2D eigenvalue weighted by atomic mass is 32.1. The molecule has 0 aliphatic carbocycles. The van der Waals surface area contributed by atoms with E-state index in [2.05, 4.69) is 16.2 Å². The lowest BCUT2D eigenvalue weighted by Gasteiger charge is -2.12. The third kappa shape index (κ3) is 5.86. The van der Waals surface area contributed by atoms with Crippen LogP contribution in [0.3, 0.4) is 0 Å². The molecule has 0 atom stereocenters. The average molecular weight is 371 g/mol. The first-order valence-electron chi connectivity index (χ1n) is 8.02. The molecule has 0 radical (unpaired) electrons. The van der Waals surface area contributed by atoms with Crippen LogP contribution in [0.5, 0.6) is 5.75 Å². The van der Waals surface area contributed by atoms with Crippen molar-refractivity contribution in [2.75, 3.05) is 6.61 Å². The van der Waals surface area contributed by atoms with Crippen LogP contribution in [0.1, 0.15) is 27.0 Å². The lowest BCUT2D eigenvalue weighted by Crippen LogP contribution is -2.49. The number of rotatable bonds is 4. The number of benzene rings is 2. The summed E-state index contributed by atoms with van der Waals surface area (Å²) in [6.07, 6.45) is 0. The van der Waals surface area contributed by atoms with Gasteiger partial charge in [0.15, 0.2) is 11.7 Å². The maximum absolute atomic E-state index is 12.0. The van der Waals surface area contributed by atoms with Crippen LogP contribution in [-0.4, -0.2) is 23.5 Å². The molecule has 0 saturated heterocycles. The zero-order valence-electron chi connectivity index (χ0n) is 14.9. The summed E-state index contributed by atoms with van der Waals surface area (Å²) >= 11 is 4.99. The number of carbonyl (C=O) groups is 2. The van der Waals surface area contributed by atoms with Crippen LogP contribution in [0.2, 0.25) is 0 Å². The largest absolute Gasteiger partial charge is 0.483 e. The van der Waals surface area contributed by atoms with E-state index in [0.717, 1.165) is 16.7 Å². The number of aryl methyl sites for hydroxylation is 3. The highest BCUT2D eigenvalue weighted by Gasteiger charge is 2.09. The van der Waals surface area contributed by atoms with Crippen molar-refractivity contribution in [2.45, 2.75) is 20.8 Å². The molecule has 6 nitrogen and oxygen atoms in total. The summed E-state index contributed by atoms with van der Waals surface area (Å²) in [6.45, 7) is 5.56. The standard InChI is InChI=1S/C19H21N3O3S/c1-12-5-4-6-15(9-12)18(24)21-22-19(26)20-17(23)11-25-16-10-13(2)7-8-14(16)3/h4-10H,11H2,1-3H3,(H,21,24)(H2,20,22,23,26). The number of hydrogen-bond acceptors (Lipinski definition) is 4. The van der Waals surface area contributed by atoms with Gasteiger partial charge in [-0.1, -0.05) is 29.8 Å². The second-order valence-electron chi connectivity index (χ2n) is 5.88. The van der Waals surface area contributed by atoms with Crippen LogP contribution in [-0.2, 0) is 4.79 Å². The number of carbonyl (C=O) groups excluding carboxylic acids is 2. The van der Waals surface area contributed by atoms with Gasteiger partial charge in [-0.05, 0) is 62.3 Å². The average Bonchev–Trinajstić information content (AvgIpc) is 2.60. The van der Waals surface area contributed by atoms with Crippen molar-refractivity contribution < 1.29 is 14.3 Å². The minimum atomic E-state index is -0.423. The zero-order chi connectivity index (χ0) is 19.1. The lowest BCUT2D eigenvalue weighted by atomic mass is 10.1. The van der Waals surface area contributed by atoms with Gasteiger partial charge in [-0.15, -0.1) is 0 Å². The highest BCUT2D eigenvalue weighted by molar-refractivity contribution is 7.80. The maximum atomic E-state index is 12.0. The quantitative estimate of drug-likeness (QED) is 0.568. The second kappa shape index (κ2) is 8.96. The number of thiocarbonyl (C=S) groups is 1. The topological polar surface area (TPSA) is 79.5 Å². The monoisotopic (exact) mass is 371 g/mol. The fourth-order valence-corrected chi connectivity index (χ4v) is 2.34. The summed E-state index contributed by atoms with van der Waals surface area (Å²) < 4.78 is 5.50. The van der Waals surface area contributed by atoms with Gasteiger partial charge in [0.1, 0.15) is 5.75 Å². The maximum Gasteiger partial charge on any atom is 0.269 e. The molecule has 0 aliphatic rings. The van der Waals surface area contributed by atoms with E-state index in [-0.39, 0.29) is 17.6 Å². The van der Waals surface area contributed by atoms with E-state index < -0.39 is 5.91 Å². The van der Waals surface area contributed by atoms with E-state index in [1.165, 1.54) is 0 Å². The zero-order valence-corrected chi connectivity index (χ0v) is 15.7. The molecule has 2 aromatic rings. The molecule has 2 rings (SSSR count). The van der Waals surface area contributed by atoms with Crippen LogP contribution >= 0.6 is 12.2 Å². The van der Waals surface area contributed by atoms with Crippen LogP contribution < -0.4 is 20.9 Å². The molecule has 0 saturated carbocycles. The van der Waals surface area contributed by atoms with Crippen molar-refractivity contribution in [2.24, 2.45) is 0 Å². The van der Waals surface area contributed by atoms with E-state index in [4.69, 9.17) is 17.0 Å². The molecule has 0 spiro atoms. The Bertz CT molecular complexity index is 837. The van der Waals surface area contributed by atoms with Crippen LogP contribution in [0.15, 0.2) is 42.5 Å². The van der Waals surface area contributed by atoms with Crippen LogP contribution in [0, 0.1) is 20.8 Å². The Morgan fingerprint density at radius 3 is 2.46 bits per heavy atom. The Morgan fingerprint density at radius 1 is 1.00 bits per heavy atom. The van der Waals surface area contributed by atoms with Gasteiger partial charge in [0.25, 0.3) is 11.8 Å². The molecular weight excluding hydrogens is 350 g/mol. The predicted octanol–water partition coefficient (Wildman–Crippen LogP) is 2.33. The molecule has 0 bridgehead atoms. The van der Waals surface area contributed by atoms with Gasteiger partial charge in [0.05, 0.1) is 0 Å². The SMILES string of the molecule is Cc1cccc(C(=O)NNC(=S)NC(=O)COc2cc(C)ccc2C)c1. The van der Waals surface area contributed by atoms with Crippen molar-refractivity contribution in [3.05, 3.63) is 64.7 Å². The summed E-state index contributed by atoms with van der Waals surface area (Å²) in [4.78, 5) is 23.9. The first-order valence-corrected chi connectivity index (χ1v) is 8.43. The summed E-state index contributed by atoms with van der Waals surface area (Å²) in [5.74, 6) is -0.128. The first kappa shape index (κ1) is 19.4. The minimum Gasteiger partial charge on any atom is -0.483 e. The summed E-state index contributed by atoms with van der Waals surface area (Å²) in [5.41, 5.74) is 8.37. The Hall–Kier alpha value is -2.93. The Kier molecular flexibility index (Phi) is 6.68. The van der Waals surface area contributed by atoms with Crippen LogP contribution in [0.4, 0.5) is 0 Å². The van der Waals surface area contributed by atoms with E-state index >= 15 is 0 Å². The third-order valence-electron chi connectivity index (χ3n) is 3.53. The lowest BCUT2D eigenvalue weighted by molar-refractivity contribution is -0.121. The number of hydrogen-bond donors (Lipinski definition) is 3. The molecule has 7 heteroatoms. The fraction of sp³-hybridized carbons (Fsp3) is 0.211. The van der Waals surface area contributed by atoms with Crippen molar-refractivity contribution in [3.8, 4) is 5.75 Å². The number of amides is 2. The van der Waals surface area contributed by atoms with Gasteiger partial charge >= 0.3 is 0 Å². The molecule has 0 unspecified atom stereocenters. The number of nitrogens with one attached hydrogen (secondary N) is 3. The van der Waals surface area contributed by atoms with Crippen molar-refractivity contribution in [3.63, 3.8) is 0 Å². The molecule has 0 aromatic heterocycles.